The van der Waals surface area contributed by atoms with Crippen LogP contribution in [0.4, 0.5) is 0 Å². The molecule has 0 fully saturated rings. The summed E-state index contributed by atoms with van der Waals surface area (Å²) in [6.07, 6.45) is 0.114. The van der Waals surface area contributed by atoms with Gasteiger partial charge in [-0.05, 0) is 6.92 Å². The zero-order chi connectivity index (χ0) is 14.7. The minimum absolute atomic E-state index is 0.0327. The molecule has 0 atom stereocenters. The molecule has 1 aromatic heterocycles. The Morgan fingerprint density at radius 1 is 1.05 bits per heavy atom. The molecule has 1 heterocycles. The van der Waals surface area contributed by atoms with Gasteiger partial charge >= 0.3 is 0 Å². The third kappa shape index (κ3) is 3.05. The van der Waals surface area contributed by atoms with E-state index in [-0.39, 0.29) is 12.2 Å². The van der Waals surface area contributed by atoms with E-state index < -0.39 is 0 Å². The van der Waals surface area contributed by atoms with Gasteiger partial charge in [0.1, 0.15) is 0 Å². The average molecular weight is 278 g/mol. The first-order chi connectivity index (χ1) is 10.2. The van der Waals surface area contributed by atoms with Gasteiger partial charge in [0.05, 0.1) is 6.42 Å². The van der Waals surface area contributed by atoms with Gasteiger partial charge < -0.3 is 4.52 Å². The number of aromatic nitrogens is 2. The number of benzene rings is 2. The van der Waals surface area contributed by atoms with Crippen molar-refractivity contribution in [3.05, 3.63) is 71.6 Å². The smallest absolute Gasteiger partial charge is 0.234 e. The van der Waals surface area contributed by atoms with Crippen LogP contribution in [-0.2, 0) is 6.42 Å². The van der Waals surface area contributed by atoms with Crippen molar-refractivity contribution in [3.8, 4) is 11.4 Å². The molecule has 2 aromatic carbocycles. The summed E-state index contributed by atoms with van der Waals surface area (Å²) in [5, 5.41) is 3.92. The lowest BCUT2D eigenvalue weighted by Crippen LogP contribution is -2.03. The number of aryl methyl sites for hydroxylation is 1. The van der Waals surface area contributed by atoms with E-state index in [1.165, 1.54) is 5.56 Å². The number of carbonyl (C=O) groups is 1. The highest BCUT2D eigenvalue weighted by Gasteiger charge is 2.13. The van der Waals surface area contributed by atoms with E-state index >= 15 is 0 Å². The molecule has 0 saturated carbocycles. The number of carbonyl (C=O) groups excluding carboxylic acids is 1. The van der Waals surface area contributed by atoms with Gasteiger partial charge in [0.2, 0.25) is 11.7 Å². The molecule has 0 aliphatic rings. The van der Waals surface area contributed by atoms with Gasteiger partial charge in [-0.15, -0.1) is 0 Å². The summed E-state index contributed by atoms with van der Waals surface area (Å²) < 4.78 is 5.16. The molecule has 0 N–H and O–H groups in total. The van der Waals surface area contributed by atoms with Crippen LogP contribution in [0.5, 0.6) is 0 Å². The molecule has 0 saturated heterocycles. The summed E-state index contributed by atoms with van der Waals surface area (Å²) in [4.78, 5) is 16.4. The van der Waals surface area contributed by atoms with Gasteiger partial charge in [-0.3, -0.25) is 4.79 Å². The Bertz CT molecular complexity index is 746. The topological polar surface area (TPSA) is 56.0 Å². The van der Waals surface area contributed by atoms with E-state index in [0.29, 0.717) is 17.3 Å². The van der Waals surface area contributed by atoms with Gasteiger partial charge in [-0.1, -0.05) is 65.3 Å². The van der Waals surface area contributed by atoms with Crippen molar-refractivity contribution >= 4 is 5.78 Å². The van der Waals surface area contributed by atoms with Crippen molar-refractivity contribution in [3.63, 3.8) is 0 Å². The maximum atomic E-state index is 12.1. The molecule has 21 heavy (non-hydrogen) atoms. The van der Waals surface area contributed by atoms with Gasteiger partial charge in [-0.2, -0.15) is 4.98 Å². The molecule has 104 valence electrons. The summed E-state index contributed by atoms with van der Waals surface area (Å²) in [6.45, 7) is 2.02. The van der Waals surface area contributed by atoms with Crippen molar-refractivity contribution in [1.82, 2.24) is 10.1 Å². The summed E-state index contributed by atoms with van der Waals surface area (Å²) in [6, 6.07) is 16.9. The van der Waals surface area contributed by atoms with Crippen LogP contribution in [0.15, 0.2) is 59.1 Å². The summed E-state index contributed by atoms with van der Waals surface area (Å²) in [7, 11) is 0. The van der Waals surface area contributed by atoms with Crippen LogP contribution < -0.4 is 0 Å². The number of Topliss-reactive ketones (excluding diaryl/α,β-unsaturated/α-hetero) is 1. The van der Waals surface area contributed by atoms with Gasteiger partial charge in [0.25, 0.3) is 0 Å². The van der Waals surface area contributed by atoms with Crippen LogP contribution in [0.2, 0.25) is 0 Å². The molecule has 4 heteroatoms. The predicted molar refractivity (Wildman–Crippen MR) is 78.9 cm³/mol. The maximum absolute atomic E-state index is 12.1. The monoisotopic (exact) mass is 278 g/mol. The first-order valence-corrected chi connectivity index (χ1v) is 6.70. The molecule has 0 unspecified atom stereocenters. The fraction of sp³-hybridized carbons (Fsp3) is 0.118. The van der Waals surface area contributed by atoms with Gasteiger partial charge in [-0.25, -0.2) is 0 Å². The molecule has 0 spiro atoms. The highest BCUT2D eigenvalue weighted by Crippen LogP contribution is 2.17. The quantitative estimate of drug-likeness (QED) is 0.686. The first-order valence-electron chi connectivity index (χ1n) is 6.70. The van der Waals surface area contributed by atoms with Crippen molar-refractivity contribution < 1.29 is 9.32 Å². The lowest BCUT2D eigenvalue weighted by Gasteiger charge is -1.96. The largest absolute Gasteiger partial charge is 0.338 e. The highest BCUT2D eigenvalue weighted by atomic mass is 16.5. The number of hydrogen-bond donors (Lipinski definition) is 0. The predicted octanol–water partition coefficient (Wildman–Crippen LogP) is 3.47. The Hall–Kier alpha value is -2.75. The summed E-state index contributed by atoms with van der Waals surface area (Å²) in [5.41, 5.74) is 2.69. The normalized spacial score (nSPS) is 10.5. The van der Waals surface area contributed by atoms with Crippen LogP contribution in [0.3, 0.4) is 0 Å². The molecule has 0 bridgehead atoms. The van der Waals surface area contributed by atoms with E-state index in [4.69, 9.17) is 4.52 Å². The number of ketones is 1. The average Bonchev–Trinajstić information content (AvgIpc) is 2.97. The molecular formula is C17H14N2O2. The van der Waals surface area contributed by atoms with E-state index in [0.717, 1.165) is 5.56 Å². The molecule has 0 aliphatic carbocycles. The van der Waals surface area contributed by atoms with E-state index in [1.807, 2.05) is 49.4 Å². The number of rotatable bonds is 4. The standard InChI is InChI=1S/C17H14N2O2/c1-12-7-9-14(10-8-12)17-18-16(21-19-17)11-15(20)13-5-3-2-4-6-13/h2-10H,11H2,1H3. The Kier molecular flexibility index (Phi) is 3.60. The molecule has 0 amide bonds. The minimum atomic E-state index is -0.0327. The first kappa shape index (κ1) is 13.2. The molecule has 3 rings (SSSR count). The van der Waals surface area contributed by atoms with Gasteiger partial charge in [0, 0.05) is 11.1 Å². The second-order valence-electron chi connectivity index (χ2n) is 4.84. The molecule has 4 nitrogen and oxygen atoms in total. The summed E-state index contributed by atoms with van der Waals surface area (Å²) in [5.74, 6) is 0.806. The lowest BCUT2D eigenvalue weighted by atomic mass is 10.1. The zero-order valence-corrected chi connectivity index (χ0v) is 11.6. The minimum Gasteiger partial charge on any atom is -0.338 e. The van der Waals surface area contributed by atoms with Crippen LogP contribution in [0.25, 0.3) is 11.4 Å². The van der Waals surface area contributed by atoms with E-state index in [9.17, 15) is 4.79 Å². The molecule has 0 aliphatic heterocycles. The molecular weight excluding hydrogens is 264 g/mol. The van der Waals surface area contributed by atoms with Crippen LogP contribution in [-0.4, -0.2) is 15.9 Å². The Morgan fingerprint density at radius 3 is 2.48 bits per heavy atom. The van der Waals surface area contributed by atoms with Crippen molar-refractivity contribution in [2.75, 3.05) is 0 Å². The van der Waals surface area contributed by atoms with E-state index in [1.54, 1.807) is 12.1 Å². The van der Waals surface area contributed by atoms with Crippen LogP contribution in [0, 0.1) is 6.92 Å². The lowest BCUT2D eigenvalue weighted by molar-refractivity contribution is 0.0983. The Labute approximate surface area is 122 Å². The highest BCUT2D eigenvalue weighted by molar-refractivity contribution is 5.96. The fourth-order valence-corrected chi connectivity index (χ4v) is 2.01. The second-order valence-corrected chi connectivity index (χ2v) is 4.84. The third-order valence-corrected chi connectivity index (χ3v) is 3.19. The number of hydrogen-bond acceptors (Lipinski definition) is 4. The van der Waals surface area contributed by atoms with Crippen molar-refractivity contribution in [1.29, 1.82) is 0 Å². The maximum Gasteiger partial charge on any atom is 0.234 e. The fourth-order valence-electron chi connectivity index (χ4n) is 2.01. The SMILES string of the molecule is Cc1ccc(-c2noc(CC(=O)c3ccccc3)n2)cc1. The molecule has 3 aromatic rings. The summed E-state index contributed by atoms with van der Waals surface area (Å²) >= 11 is 0. The van der Waals surface area contributed by atoms with Gasteiger partial charge in [0.15, 0.2) is 5.78 Å². The Balaban J connectivity index is 1.76. The van der Waals surface area contributed by atoms with E-state index in [2.05, 4.69) is 10.1 Å². The van der Waals surface area contributed by atoms with Crippen molar-refractivity contribution in [2.24, 2.45) is 0 Å². The van der Waals surface area contributed by atoms with Crippen LogP contribution in [0.1, 0.15) is 21.8 Å². The number of nitrogens with zero attached hydrogens (tertiary/aromatic N) is 2. The molecule has 0 radical (unpaired) electrons. The van der Waals surface area contributed by atoms with Crippen molar-refractivity contribution in [2.45, 2.75) is 13.3 Å². The Morgan fingerprint density at radius 2 is 1.76 bits per heavy atom. The zero-order valence-electron chi connectivity index (χ0n) is 11.6. The third-order valence-electron chi connectivity index (χ3n) is 3.19. The second kappa shape index (κ2) is 5.71. The van der Waals surface area contributed by atoms with Crippen LogP contribution >= 0.6 is 0 Å².